The van der Waals surface area contributed by atoms with Crippen molar-refractivity contribution >= 4 is 5.97 Å². The van der Waals surface area contributed by atoms with Crippen molar-refractivity contribution in [1.82, 2.24) is 9.97 Å². The largest absolute Gasteiger partial charge is 0.442 e. The molecule has 1 heterocycles. The number of hydrogen-bond donors (Lipinski definition) is 3. The van der Waals surface area contributed by atoms with Gasteiger partial charge in [-0.3, -0.25) is 15.5 Å². The summed E-state index contributed by atoms with van der Waals surface area (Å²) >= 11 is 0. The molecule has 0 bridgehead atoms. The Morgan fingerprint density at radius 3 is 2.59 bits per heavy atom. The lowest BCUT2D eigenvalue weighted by atomic mass is 10.1. The van der Waals surface area contributed by atoms with Crippen LogP contribution in [-0.4, -0.2) is 22.2 Å². The van der Waals surface area contributed by atoms with Crippen LogP contribution in [-0.2, 0) is 4.74 Å². The zero-order valence-corrected chi connectivity index (χ0v) is 9.65. The zero-order chi connectivity index (χ0) is 13.0. The van der Waals surface area contributed by atoms with Gasteiger partial charge >= 0.3 is 11.7 Å². The van der Waals surface area contributed by atoms with E-state index in [0.29, 0.717) is 6.42 Å². The highest BCUT2D eigenvalue weighted by molar-refractivity contribution is 5.87. The number of carbonyl (C=O) groups excluding carboxylic acids is 1. The molecule has 7 heteroatoms. The van der Waals surface area contributed by atoms with E-state index in [1.54, 1.807) is 0 Å². The summed E-state index contributed by atoms with van der Waals surface area (Å²) in [6, 6.07) is 0.950. The van der Waals surface area contributed by atoms with Crippen molar-refractivity contribution in [3.05, 3.63) is 32.6 Å². The Kier molecular flexibility index (Phi) is 4.22. The summed E-state index contributed by atoms with van der Waals surface area (Å²) in [4.78, 5) is 37.5. The Hall–Kier alpha value is -1.89. The normalized spacial score (nSPS) is 12.5. The lowest BCUT2D eigenvalue weighted by Gasteiger charge is -2.14. The van der Waals surface area contributed by atoms with Crippen LogP contribution in [0.3, 0.4) is 0 Å². The third kappa shape index (κ3) is 4.23. The molecule has 1 rings (SSSR count). The minimum atomic E-state index is -0.818. The van der Waals surface area contributed by atoms with Crippen LogP contribution in [0.1, 0.15) is 30.8 Å². The van der Waals surface area contributed by atoms with E-state index in [-0.39, 0.29) is 11.6 Å². The molecule has 1 unspecified atom stereocenters. The molecule has 0 spiro atoms. The van der Waals surface area contributed by atoms with Gasteiger partial charge < -0.3 is 9.72 Å². The molecule has 17 heavy (non-hydrogen) atoms. The number of hydrogen-bond acceptors (Lipinski definition) is 5. The molecule has 0 saturated heterocycles. The van der Waals surface area contributed by atoms with Crippen LogP contribution in [0, 0.1) is 5.92 Å². The zero-order valence-electron chi connectivity index (χ0n) is 9.65. The number of aromatic amines is 2. The number of aromatic nitrogens is 2. The number of H-pyrrole nitrogens is 2. The Balaban J connectivity index is 2.76. The lowest BCUT2D eigenvalue weighted by Crippen LogP contribution is -2.31. The first-order valence-electron chi connectivity index (χ1n) is 5.18. The van der Waals surface area contributed by atoms with Crippen LogP contribution < -0.4 is 17.0 Å². The first-order chi connectivity index (χ1) is 7.88. The van der Waals surface area contributed by atoms with Gasteiger partial charge in [-0.1, -0.05) is 13.8 Å². The average molecular weight is 241 g/mol. The van der Waals surface area contributed by atoms with E-state index in [0.717, 1.165) is 6.07 Å². The number of carbonyl (C=O) groups is 1. The molecule has 0 radical (unpaired) electrons. The van der Waals surface area contributed by atoms with E-state index in [4.69, 9.17) is 10.5 Å². The van der Waals surface area contributed by atoms with Gasteiger partial charge in [0.1, 0.15) is 5.69 Å². The van der Waals surface area contributed by atoms with Crippen LogP contribution in [0.25, 0.3) is 0 Å². The summed E-state index contributed by atoms with van der Waals surface area (Å²) in [5.41, 5.74) is 3.93. The molecule has 1 aromatic rings. The third-order valence-electron chi connectivity index (χ3n) is 1.94. The van der Waals surface area contributed by atoms with Crippen molar-refractivity contribution in [1.29, 1.82) is 0 Å². The van der Waals surface area contributed by atoms with Gasteiger partial charge in [0.2, 0.25) is 0 Å². The van der Waals surface area contributed by atoms with Crippen LogP contribution in [0.5, 0.6) is 0 Å². The second-order valence-corrected chi connectivity index (χ2v) is 4.07. The maximum absolute atomic E-state index is 11.5. The van der Waals surface area contributed by atoms with Gasteiger partial charge in [0.15, 0.2) is 6.23 Å². The number of esters is 1. The van der Waals surface area contributed by atoms with E-state index in [1.807, 2.05) is 18.8 Å². The molecule has 4 N–H and O–H groups in total. The fraction of sp³-hybridized carbons (Fsp3) is 0.500. The molecule has 1 aromatic heterocycles. The Bertz CT molecular complexity index is 475. The predicted molar refractivity (Wildman–Crippen MR) is 60.5 cm³/mol. The van der Waals surface area contributed by atoms with Gasteiger partial charge in [-0.15, -0.1) is 0 Å². The van der Waals surface area contributed by atoms with Crippen LogP contribution >= 0.6 is 0 Å². The van der Waals surface area contributed by atoms with Crippen LogP contribution in [0.4, 0.5) is 0 Å². The predicted octanol–water partition coefficient (Wildman–Crippen LogP) is -0.449. The fourth-order valence-electron chi connectivity index (χ4n) is 1.29. The summed E-state index contributed by atoms with van der Waals surface area (Å²) in [7, 11) is 0. The summed E-state index contributed by atoms with van der Waals surface area (Å²) in [6.45, 7) is 3.87. The van der Waals surface area contributed by atoms with E-state index in [9.17, 15) is 14.4 Å². The minimum Gasteiger partial charge on any atom is -0.442 e. The summed E-state index contributed by atoms with van der Waals surface area (Å²) < 4.78 is 4.87. The van der Waals surface area contributed by atoms with E-state index in [2.05, 4.69) is 4.98 Å². The van der Waals surface area contributed by atoms with Gasteiger partial charge in [0, 0.05) is 12.5 Å². The van der Waals surface area contributed by atoms with Crippen molar-refractivity contribution in [2.24, 2.45) is 11.7 Å². The Labute approximate surface area is 97.0 Å². The molecule has 0 fully saturated rings. The number of nitrogens with two attached hydrogens (primary N) is 1. The smallest absolute Gasteiger partial charge is 0.356 e. The minimum absolute atomic E-state index is 0.210. The average Bonchev–Trinajstić information content (AvgIpc) is 2.14. The maximum Gasteiger partial charge on any atom is 0.356 e. The number of rotatable bonds is 4. The first-order valence-corrected chi connectivity index (χ1v) is 5.18. The highest BCUT2D eigenvalue weighted by Gasteiger charge is 2.14. The van der Waals surface area contributed by atoms with Crippen molar-refractivity contribution in [2.45, 2.75) is 26.5 Å². The van der Waals surface area contributed by atoms with Gasteiger partial charge in [-0.05, 0) is 5.92 Å². The van der Waals surface area contributed by atoms with Gasteiger partial charge in [0.25, 0.3) is 5.56 Å². The molecule has 0 aromatic carbocycles. The molecule has 7 nitrogen and oxygen atoms in total. The summed E-state index contributed by atoms with van der Waals surface area (Å²) in [5.74, 6) is -0.544. The summed E-state index contributed by atoms with van der Waals surface area (Å²) in [5, 5.41) is 0. The quantitative estimate of drug-likeness (QED) is 0.487. The fourth-order valence-corrected chi connectivity index (χ4v) is 1.29. The third-order valence-corrected chi connectivity index (χ3v) is 1.94. The molecule has 0 saturated carbocycles. The lowest BCUT2D eigenvalue weighted by molar-refractivity contribution is 0.0263. The number of nitrogens with one attached hydrogen (secondary N) is 2. The standard InChI is InChI=1S/C10H15N3O4/c1-5(2)3-7(11)17-9(15)6-4-8(14)13-10(16)12-6/h4-5,7H,3,11H2,1-2H3,(H2,12,13,14,16). The van der Waals surface area contributed by atoms with Gasteiger partial charge in [0.05, 0.1) is 0 Å². The monoisotopic (exact) mass is 241 g/mol. The molecule has 0 aliphatic heterocycles. The first kappa shape index (κ1) is 13.2. The molecule has 0 amide bonds. The van der Waals surface area contributed by atoms with Crippen molar-refractivity contribution in [3.63, 3.8) is 0 Å². The number of ether oxygens (including phenoxy) is 1. The van der Waals surface area contributed by atoms with E-state index < -0.39 is 23.4 Å². The van der Waals surface area contributed by atoms with Crippen molar-refractivity contribution in [2.75, 3.05) is 0 Å². The van der Waals surface area contributed by atoms with Gasteiger partial charge in [-0.25, -0.2) is 9.59 Å². The highest BCUT2D eigenvalue weighted by atomic mass is 16.6. The molecule has 94 valence electrons. The van der Waals surface area contributed by atoms with E-state index in [1.165, 1.54) is 0 Å². The maximum atomic E-state index is 11.5. The molecular weight excluding hydrogens is 226 g/mol. The molecule has 1 atom stereocenters. The molecule has 0 aliphatic carbocycles. The van der Waals surface area contributed by atoms with E-state index >= 15 is 0 Å². The highest BCUT2D eigenvalue weighted by Crippen LogP contribution is 2.05. The molecule has 0 aliphatic rings. The second kappa shape index (κ2) is 5.44. The Morgan fingerprint density at radius 2 is 2.06 bits per heavy atom. The Morgan fingerprint density at radius 1 is 1.41 bits per heavy atom. The SMILES string of the molecule is CC(C)CC(N)OC(=O)c1cc(=O)[nH]c(=O)[nH]1. The second-order valence-electron chi connectivity index (χ2n) is 4.07. The van der Waals surface area contributed by atoms with Crippen LogP contribution in [0.15, 0.2) is 15.7 Å². The van der Waals surface area contributed by atoms with Gasteiger partial charge in [-0.2, -0.15) is 0 Å². The van der Waals surface area contributed by atoms with Crippen molar-refractivity contribution < 1.29 is 9.53 Å². The topological polar surface area (TPSA) is 118 Å². The van der Waals surface area contributed by atoms with Crippen molar-refractivity contribution in [3.8, 4) is 0 Å². The summed E-state index contributed by atoms with van der Waals surface area (Å²) in [6.07, 6.45) is -0.260. The van der Waals surface area contributed by atoms with Crippen LogP contribution in [0.2, 0.25) is 0 Å². The molecular formula is C10H15N3O4.